The van der Waals surface area contributed by atoms with E-state index in [0.717, 1.165) is 13.0 Å². The van der Waals surface area contributed by atoms with Gasteiger partial charge in [-0.15, -0.1) is 13.2 Å². The predicted octanol–water partition coefficient (Wildman–Crippen LogP) is 3.27. The number of aliphatic hydroxyl groups is 1. The van der Waals surface area contributed by atoms with Gasteiger partial charge in [0.1, 0.15) is 11.9 Å². The van der Waals surface area contributed by atoms with Crippen molar-refractivity contribution in [2.45, 2.75) is 32.4 Å². The van der Waals surface area contributed by atoms with E-state index in [9.17, 15) is 18.3 Å². The number of ether oxygens (including phenoxy) is 1. The molecule has 1 aromatic heterocycles. The van der Waals surface area contributed by atoms with Crippen LogP contribution in [0.1, 0.15) is 30.6 Å². The molecule has 0 spiro atoms. The number of aromatic nitrogens is 2. The molecule has 7 heteroatoms. The molecule has 2 aromatic rings. The molecule has 1 heterocycles. The number of nitrogens with zero attached hydrogens (tertiary/aromatic N) is 2. The van der Waals surface area contributed by atoms with Gasteiger partial charge in [-0.1, -0.05) is 19.1 Å². The van der Waals surface area contributed by atoms with Gasteiger partial charge in [-0.3, -0.25) is 4.68 Å². The molecule has 0 radical (unpaired) electrons. The molecule has 1 atom stereocenters. The Morgan fingerprint density at radius 1 is 1.24 bits per heavy atom. The first kappa shape index (κ1) is 15.4. The Labute approximate surface area is 119 Å². The lowest BCUT2D eigenvalue weighted by molar-refractivity contribution is -0.274. The second-order valence-electron chi connectivity index (χ2n) is 4.56. The first-order valence-corrected chi connectivity index (χ1v) is 6.45. The third-order valence-corrected chi connectivity index (χ3v) is 2.85. The summed E-state index contributed by atoms with van der Waals surface area (Å²) in [5.41, 5.74) is 1.06. The summed E-state index contributed by atoms with van der Waals surface area (Å²) in [7, 11) is 0. The van der Waals surface area contributed by atoms with E-state index in [0.29, 0.717) is 11.1 Å². The van der Waals surface area contributed by atoms with Gasteiger partial charge < -0.3 is 9.84 Å². The Balaban J connectivity index is 2.10. The number of halogens is 3. The van der Waals surface area contributed by atoms with E-state index in [-0.39, 0.29) is 5.75 Å². The number of alkyl halides is 3. The predicted molar refractivity (Wildman–Crippen MR) is 69.7 cm³/mol. The number of hydrogen-bond acceptors (Lipinski definition) is 3. The maximum Gasteiger partial charge on any atom is 0.573 e. The molecule has 1 N–H and O–H groups in total. The van der Waals surface area contributed by atoms with Gasteiger partial charge in [0.05, 0.1) is 6.20 Å². The number of aryl methyl sites for hydroxylation is 1. The molecule has 0 bridgehead atoms. The highest BCUT2D eigenvalue weighted by Crippen LogP contribution is 2.26. The van der Waals surface area contributed by atoms with Crippen molar-refractivity contribution in [3.8, 4) is 5.75 Å². The molecule has 0 fully saturated rings. The van der Waals surface area contributed by atoms with Crippen LogP contribution in [-0.2, 0) is 6.54 Å². The largest absolute Gasteiger partial charge is 0.573 e. The summed E-state index contributed by atoms with van der Waals surface area (Å²) < 4.78 is 41.7. The van der Waals surface area contributed by atoms with Gasteiger partial charge >= 0.3 is 6.36 Å². The lowest BCUT2D eigenvalue weighted by atomic mass is 10.0. The maximum absolute atomic E-state index is 12.1. The first-order valence-electron chi connectivity index (χ1n) is 6.45. The molecule has 114 valence electrons. The van der Waals surface area contributed by atoms with Gasteiger partial charge in [0.25, 0.3) is 0 Å². The maximum atomic E-state index is 12.1. The highest BCUT2D eigenvalue weighted by Gasteiger charge is 2.31. The normalized spacial score (nSPS) is 13.2. The second-order valence-corrected chi connectivity index (χ2v) is 4.56. The van der Waals surface area contributed by atoms with Crippen LogP contribution in [0.25, 0.3) is 0 Å². The van der Waals surface area contributed by atoms with Crippen molar-refractivity contribution in [1.29, 1.82) is 0 Å². The summed E-state index contributed by atoms with van der Waals surface area (Å²) in [5.74, 6) is -0.319. The Hall–Kier alpha value is -2.02. The van der Waals surface area contributed by atoms with Gasteiger partial charge in [0, 0.05) is 18.3 Å². The summed E-state index contributed by atoms with van der Waals surface area (Å²) in [6.45, 7) is 2.75. The van der Waals surface area contributed by atoms with E-state index in [1.165, 1.54) is 24.3 Å². The summed E-state index contributed by atoms with van der Waals surface area (Å²) in [6.07, 6.45) is -1.48. The van der Waals surface area contributed by atoms with Crippen LogP contribution < -0.4 is 4.74 Å². The topological polar surface area (TPSA) is 47.3 Å². The van der Waals surface area contributed by atoms with Crippen LogP contribution in [0.2, 0.25) is 0 Å². The molecule has 0 amide bonds. The average Bonchev–Trinajstić information content (AvgIpc) is 2.86. The zero-order valence-corrected chi connectivity index (χ0v) is 11.3. The third-order valence-electron chi connectivity index (χ3n) is 2.85. The first-order chi connectivity index (χ1) is 9.89. The van der Waals surface area contributed by atoms with E-state index in [1.54, 1.807) is 17.1 Å². The van der Waals surface area contributed by atoms with Crippen LogP contribution in [-0.4, -0.2) is 21.2 Å². The van der Waals surface area contributed by atoms with Crippen LogP contribution in [0.3, 0.4) is 0 Å². The monoisotopic (exact) mass is 300 g/mol. The fourth-order valence-corrected chi connectivity index (χ4v) is 1.92. The van der Waals surface area contributed by atoms with Crippen molar-refractivity contribution >= 4 is 0 Å². The van der Waals surface area contributed by atoms with Crippen LogP contribution in [0, 0.1) is 0 Å². The van der Waals surface area contributed by atoms with E-state index in [4.69, 9.17) is 0 Å². The fraction of sp³-hybridized carbons (Fsp3) is 0.357. The lowest BCUT2D eigenvalue weighted by Crippen LogP contribution is -2.17. The van der Waals surface area contributed by atoms with E-state index in [1.807, 2.05) is 6.92 Å². The minimum atomic E-state index is -4.72. The zero-order chi connectivity index (χ0) is 15.5. The van der Waals surface area contributed by atoms with Crippen molar-refractivity contribution in [3.63, 3.8) is 0 Å². The molecular formula is C14H15F3N2O2. The smallest absolute Gasteiger partial charge is 0.406 e. The summed E-state index contributed by atoms with van der Waals surface area (Å²) >= 11 is 0. The van der Waals surface area contributed by atoms with Crippen LogP contribution >= 0.6 is 0 Å². The van der Waals surface area contributed by atoms with Gasteiger partial charge in [0.2, 0.25) is 0 Å². The molecule has 4 nitrogen and oxygen atoms in total. The van der Waals surface area contributed by atoms with Gasteiger partial charge in [-0.25, -0.2) is 0 Å². The molecule has 0 aliphatic rings. The second kappa shape index (κ2) is 6.17. The number of rotatable bonds is 5. The zero-order valence-electron chi connectivity index (χ0n) is 11.3. The number of hydrogen-bond donors (Lipinski definition) is 1. The summed E-state index contributed by atoms with van der Waals surface area (Å²) in [6, 6.07) is 5.12. The molecule has 0 aliphatic heterocycles. The highest BCUT2D eigenvalue weighted by atomic mass is 19.4. The van der Waals surface area contributed by atoms with E-state index in [2.05, 4.69) is 9.84 Å². The molecule has 1 aromatic carbocycles. The van der Waals surface area contributed by atoms with Crippen LogP contribution in [0.15, 0.2) is 36.7 Å². The molecule has 2 rings (SSSR count). The van der Waals surface area contributed by atoms with Gasteiger partial charge in [-0.2, -0.15) is 5.10 Å². The highest BCUT2D eigenvalue weighted by molar-refractivity contribution is 5.32. The minimum absolute atomic E-state index is 0.319. The van der Waals surface area contributed by atoms with Gasteiger partial charge in [0.15, 0.2) is 0 Å². The third kappa shape index (κ3) is 4.22. The van der Waals surface area contributed by atoms with Crippen LogP contribution in [0.5, 0.6) is 5.75 Å². The van der Waals surface area contributed by atoms with Gasteiger partial charge in [-0.05, 0) is 24.1 Å². The Morgan fingerprint density at radius 3 is 2.48 bits per heavy atom. The minimum Gasteiger partial charge on any atom is -0.406 e. The molecule has 1 unspecified atom stereocenters. The average molecular weight is 300 g/mol. The summed E-state index contributed by atoms with van der Waals surface area (Å²) in [4.78, 5) is 0. The van der Waals surface area contributed by atoms with Crippen molar-refractivity contribution in [2.24, 2.45) is 0 Å². The Bertz CT molecular complexity index is 579. The van der Waals surface area contributed by atoms with Crippen molar-refractivity contribution in [2.75, 3.05) is 0 Å². The van der Waals surface area contributed by atoms with E-state index < -0.39 is 12.5 Å². The van der Waals surface area contributed by atoms with Crippen molar-refractivity contribution in [1.82, 2.24) is 9.78 Å². The number of benzene rings is 1. The van der Waals surface area contributed by atoms with Crippen molar-refractivity contribution < 1.29 is 23.0 Å². The SMILES string of the molecule is CCCn1cc(C(O)c2ccc(OC(F)(F)F)cc2)cn1. The number of aliphatic hydroxyl groups excluding tert-OH is 1. The quantitative estimate of drug-likeness (QED) is 0.922. The van der Waals surface area contributed by atoms with Crippen LogP contribution in [0.4, 0.5) is 13.2 Å². The fourth-order valence-electron chi connectivity index (χ4n) is 1.92. The molecule has 0 saturated heterocycles. The molecule has 21 heavy (non-hydrogen) atoms. The standard InChI is InChI=1S/C14H15F3N2O2/c1-2-7-19-9-11(8-18-19)13(20)10-3-5-12(6-4-10)21-14(15,16)17/h3-6,8-9,13,20H,2,7H2,1H3. The summed E-state index contributed by atoms with van der Waals surface area (Å²) in [5, 5.41) is 14.3. The molecule has 0 aliphatic carbocycles. The van der Waals surface area contributed by atoms with E-state index >= 15 is 0 Å². The van der Waals surface area contributed by atoms with Crippen molar-refractivity contribution in [3.05, 3.63) is 47.8 Å². The molecular weight excluding hydrogens is 285 g/mol. The Morgan fingerprint density at radius 2 is 1.90 bits per heavy atom. The molecule has 0 saturated carbocycles. The Kier molecular flexibility index (Phi) is 4.52. The lowest BCUT2D eigenvalue weighted by Gasteiger charge is -2.11.